The molecule has 0 radical (unpaired) electrons. The number of phenolic OH excluding ortho intramolecular Hbond substituents is 1. The molecular formula is C23H38O3. The first-order valence-corrected chi connectivity index (χ1v) is 9.99. The minimum Gasteiger partial charge on any atom is -0.508 e. The van der Waals surface area contributed by atoms with E-state index >= 15 is 0 Å². The molecule has 1 aliphatic carbocycles. The molecule has 0 amide bonds. The van der Waals surface area contributed by atoms with Gasteiger partial charge in [0.2, 0.25) is 0 Å². The zero-order valence-electron chi connectivity index (χ0n) is 17.8. The molecule has 26 heavy (non-hydrogen) atoms. The summed E-state index contributed by atoms with van der Waals surface area (Å²) in [5.41, 5.74) is 0.992. The van der Waals surface area contributed by atoms with Crippen LogP contribution in [-0.2, 0) is 14.9 Å². The highest BCUT2D eigenvalue weighted by molar-refractivity contribution is 5.76. The number of carbonyl (C=O) groups excluding carboxylic acids is 1. The van der Waals surface area contributed by atoms with Crippen LogP contribution in [0, 0.1) is 5.41 Å². The standard InChI is InChI=1S/C12H22O2.C11H16O/c1-5-11(2,3)10(13)14-12(4)8-6-7-9-12;1-4-11(2,3)9-5-7-10(12)8-6-9/h5-9H2,1-4H3;5-8,12H,4H2,1-3H3. The van der Waals surface area contributed by atoms with Gasteiger partial charge >= 0.3 is 5.97 Å². The lowest BCUT2D eigenvalue weighted by Crippen LogP contribution is -2.35. The van der Waals surface area contributed by atoms with Gasteiger partial charge in [0.05, 0.1) is 5.41 Å². The summed E-state index contributed by atoms with van der Waals surface area (Å²) in [5.74, 6) is 0.301. The molecule has 1 aromatic rings. The van der Waals surface area contributed by atoms with Gasteiger partial charge < -0.3 is 9.84 Å². The molecule has 3 nitrogen and oxygen atoms in total. The topological polar surface area (TPSA) is 46.5 Å². The summed E-state index contributed by atoms with van der Waals surface area (Å²) in [7, 11) is 0. The van der Waals surface area contributed by atoms with Gasteiger partial charge in [-0.15, -0.1) is 0 Å². The van der Waals surface area contributed by atoms with Gasteiger partial charge in [-0.2, -0.15) is 0 Å². The Hall–Kier alpha value is -1.51. The second kappa shape index (κ2) is 8.92. The van der Waals surface area contributed by atoms with Crippen LogP contribution < -0.4 is 0 Å². The number of rotatable bonds is 5. The second-order valence-electron chi connectivity index (χ2n) is 9.07. The first-order valence-electron chi connectivity index (χ1n) is 9.99. The molecule has 0 aromatic heterocycles. The van der Waals surface area contributed by atoms with Gasteiger partial charge in [0.1, 0.15) is 11.4 Å². The summed E-state index contributed by atoms with van der Waals surface area (Å²) in [5, 5.41) is 9.10. The predicted molar refractivity (Wildman–Crippen MR) is 108 cm³/mol. The smallest absolute Gasteiger partial charge is 0.312 e. The fraction of sp³-hybridized carbons (Fsp3) is 0.696. The lowest BCUT2D eigenvalue weighted by Gasteiger charge is -2.29. The Labute approximate surface area is 160 Å². The minimum absolute atomic E-state index is 0.0376. The van der Waals surface area contributed by atoms with Gasteiger partial charge in [-0.25, -0.2) is 0 Å². The van der Waals surface area contributed by atoms with Crippen molar-refractivity contribution in [2.45, 2.75) is 98.0 Å². The molecule has 148 valence electrons. The molecule has 1 aromatic carbocycles. The lowest BCUT2D eigenvalue weighted by atomic mass is 9.82. The third-order valence-corrected chi connectivity index (χ3v) is 5.97. The molecule has 1 saturated carbocycles. The molecule has 1 aliphatic rings. The molecule has 0 aliphatic heterocycles. The summed E-state index contributed by atoms with van der Waals surface area (Å²) in [6, 6.07) is 7.46. The van der Waals surface area contributed by atoms with Crippen LogP contribution in [-0.4, -0.2) is 16.7 Å². The third-order valence-electron chi connectivity index (χ3n) is 5.97. The SMILES string of the molecule is CCC(C)(C)C(=O)OC1(C)CCCC1.CCC(C)(C)c1ccc(O)cc1. The Balaban J connectivity index is 0.000000263. The van der Waals surface area contributed by atoms with Crippen LogP contribution in [0.1, 0.15) is 92.6 Å². The minimum atomic E-state index is -0.328. The maximum atomic E-state index is 11.8. The van der Waals surface area contributed by atoms with E-state index in [-0.39, 0.29) is 22.4 Å². The number of esters is 1. The molecule has 0 atom stereocenters. The second-order valence-corrected chi connectivity index (χ2v) is 9.07. The summed E-state index contributed by atoms with van der Waals surface area (Å²) in [6.07, 6.45) is 6.38. The monoisotopic (exact) mass is 362 g/mol. The van der Waals surface area contributed by atoms with Crippen LogP contribution in [0.25, 0.3) is 0 Å². The molecule has 1 fully saturated rings. The maximum absolute atomic E-state index is 11.8. The van der Waals surface area contributed by atoms with E-state index in [1.165, 1.54) is 18.4 Å². The van der Waals surface area contributed by atoms with Crippen LogP contribution in [0.5, 0.6) is 5.75 Å². The van der Waals surface area contributed by atoms with Gasteiger partial charge in [0.25, 0.3) is 0 Å². The summed E-state index contributed by atoms with van der Waals surface area (Å²) < 4.78 is 5.62. The number of hydrogen-bond donors (Lipinski definition) is 1. The molecule has 0 unspecified atom stereocenters. The Morgan fingerprint density at radius 2 is 1.54 bits per heavy atom. The zero-order valence-corrected chi connectivity index (χ0v) is 17.8. The molecule has 0 saturated heterocycles. The fourth-order valence-corrected chi connectivity index (χ4v) is 2.85. The normalized spacial score (nSPS) is 16.6. The average molecular weight is 363 g/mol. The van der Waals surface area contributed by atoms with Gasteiger partial charge in [-0.3, -0.25) is 4.79 Å². The van der Waals surface area contributed by atoms with Crippen molar-refractivity contribution in [1.29, 1.82) is 0 Å². The van der Waals surface area contributed by atoms with Crippen molar-refractivity contribution >= 4 is 5.97 Å². The average Bonchev–Trinajstić information content (AvgIpc) is 3.02. The molecular weight excluding hydrogens is 324 g/mol. The summed E-state index contributed by atoms with van der Waals surface area (Å²) in [6.45, 7) is 14.6. The van der Waals surface area contributed by atoms with E-state index in [1.54, 1.807) is 12.1 Å². The van der Waals surface area contributed by atoms with Crippen LogP contribution in [0.4, 0.5) is 0 Å². The molecule has 0 heterocycles. The van der Waals surface area contributed by atoms with Crippen molar-refractivity contribution in [3.8, 4) is 5.75 Å². The highest BCUT2D eigenvalue weighted by Gasteiger charge is 2.37. The largest absolute Gasteiger partial charge is 0.508 e. The van der Waals surface area contributed by atoms with Crippen molar-refractivity contribution in [3.63, 3.8) is 0 Å². The molecule has 1 N–H and O–H groups in total. The van der Waals surface area contributed by atoms with Gasteiger partial charge in [-0.05, 0) is 82.4 Å². The van der Waals surface area contributed by atoms with Gasteiger partial charge in [-0.1, -0.05) is 39.8 Å². The van der Waals surface area contributed by atoms with Crippen molar-refractivity contribution in [2.75, 3.05) is 0 Å². The Kier molecular flexibility index (Phi) is 7.73. The van der Waals surface area contributed by atoms with E-state index in [9.17, 15) is 4.79 Å². The van der Waals surface area contributed by atoms with Crippen molar-refractivity contribution in [2.24, 2.45) is 5.41 Å². The van der Waals surface area contributed by atoms with Crippen LogP contribution >= 0.6 is 0 Å². The van der Waals surface area contributed by atoms with Gasteiger partial charge in [0.15, 0.2) is 0 Å². The number of ether oxygens (including phenoxy) is 1. The molecule has 3 heteroatoms. The first kappa shape index (κ1) is 22.5. The number of aromatic hydroxyl groups is 1. The number of carbonyl (C=O) groups is 1. The zero-order chi connectivity index (χ0) is 20.0. The predicted octanol–water partition coefficient (Wildman–Crippen LogP) is 6.38. The third kappa shape index (κ3) is 6.34. The Morgan fingerprint density at radius 3 is 1.96 bits per heavy atom. The summed E-state index contributed by atoms with van der Waals surface area (Å²) >= 11 is 0. The first-order chi connectivity index (χ1) is 12.0. The number of phenols is 1. The van der Waals surface area contributed by atoms with Crippen molar-refractivity contribution in [1.82, 2.24) is 0 Å². The van der Waals surface area contributed by atoms with E-state index in [4.69, 9.17) is 9.84 Å². The molecule has 0 bridgehead atoms. The lowest BCUT2D eigenvalue weighted by molar-refractivity contribution is -0.168. The van der Waals surface area contributed by atoms with E-state index in [0.29, 0.717) is 5.75 Å². The number of benzene rings is 1. The fourth-order valence-electron chi connectivity index (χ4n) is 2.85. The van der Waals surface area contributed by atoms with Crippen LogP contribution in [0.15, 0.2) is 24.3 Å². The van der Waals surface area contributed by atoms with Crippen molar-refractivity contribution in [3.05, 3.63) is 29.8 Å². The van der Waals surface area contributed by atoms with Gasteiger partial charge in [0, 0.05) is 0 Å². The molecule has 2 rings (SSSR count). The van der Waals surface area contributed by atoms with Crippen LogP contribution in [0.2, 0.25) is 0 Å². The van der Waals surface area contributed by atoms with E-state index in [1.807, 2.05) is 32.9 Å². The quantitative estimate of drug-likeness (QED) is 0.618. The van der Waals surface area contributed by atoms with E-state index in [0.717, 1.165) is 25.7 Å². The number of hydrogen-bond acceptors (Lipinski definition) is 3. The van der Waals surface area contributed by atoms with E-state index < -0.39 is 0 Å². The van der Waals surface area contributed by atoms with Crippen molar-refractivity contribution < 1.29 is 14.6 Å². The Bertz CT molecular complexity index is 564. The summed E-state index contributed by atoms with van der Waals surface area (Å²) in [4.78, 5) is 11.8. The van der Waals surface area contributed by atoms with Crippen LogP contribution in [0.3, 0.4) is 0 Å². The molecule has 0 spiro atoms. The van der Waals surface area contributed by atoms with E-state index in [2.05, 4.69) is 27.7 Å². The maximum Gasteiger partial charge on any atom is 0.312 e. The Morgan fingerprint density at radius 1 is 1.04 bits per heavy atom. The highest BCUT2D eigenvalue weighted by atomic mass is 16.6. The highest BCUT2D eigenvalue weighted by Crippen LogP contribution is 2.35.